The van der Waals surface area contributed by atoms with Gasteiger partial charge in [0.25, 0.3) is 0 Å². The van der Waals surface area contributed by atoms with Crippen LogP contribution in [0.2, 0.25) is 0 Å². The number of nitrogens with two attached hydrogens (primary N) is 2. The second-order valence-electron chi connectivity index (χ2n) is 8.91. The number of hydrogen-bond acceptors (Lipinski definition) is 6. The van der Waals surface area contributed by atoms with Crippen LogP contribution in [-0.4, -0.2) is 46.4 Å². The average molecular weight is 469 g/mol. The fraction of sp³-hybridized carbons (Fsp3) is 0.542. The highest BCUT2D eigenvalue weighted by Gasteiger charge is 2.26. The third-order valence-corrected chi connectivity index (χ3v) is 5.92. The van der Waals surface area contributed by atoms with Crippen LogP contribution in [-0.2, 0) is 9.59 Å². The molecule has 2 atom stereocenters. The van der Waals surface area contributed by atoms with E-state index in [1.807, 2.05) is 25.1 Å². The number of nitrogens with one attached hydrogen (secondary N) is 3. The summed E-state index contributed by atoms with van der Waals surface area (Å²) in [4.78, 5) is 37.0. The number of fused-ring (bicyclic) bond motifs is 1. The number of carbonyl (C=O) groups is 2. The summed E-state index contributed by atoms with van der Waals surface area (Å²) in [5.41, 5.74) is 13.2. The molecule has 2 amide bonds. The molecular weight excluding hydrogens is 432 g/mol. The van der Waals surface area contributed by atoms with Crippen LogP contribution in [0.4, 0.5) is 11.8 Å². The fourth-order valence-corrected chi connectivity index (χ4v) is 4.25. The molecule has 0 radical (unpaired) electrons. The molecule has 1 aromatic carbocycles. The number of hydrogen-bond donors (Lipinski definition) is 5. The standard InChI is InChI=1S/C24H36N8O2/c1-15-11-12-18-17(14-15)22(28-19-8-5-6-9-20(19)29-23(25)26)32-24(30-18)31-21(34)10-4-3-7-13-27-16(2)33/h11-12,14,19-20H,3-10,13H2,1-2H3,(H,27,33)(H4,25,26,29)(H2,28,30,31,32,34). The third kappa shape index (κ3) is 7.57. The second kappa shape index (κ2) is 12.2. The Morgan fingerprint density at radius 2 is 1.91 bits per heavy atom. The molecule has 0 aliphatic heterocycles. The van der Waals surface area contributed by atoms with Gasteiger partial charge in [-0.25, -0.2) is 9.98 Å². The van der Waals surface area contributed by atoms with Gasteiger partial charge in [-0.2, -0.15) is 4.98 Å². The molecule has 10 nitrogen and oxygen atoms in total. The quantitative estimate of drug-likeness (QED) is 0.203. The van der Waals surface area contributed by atoms with Crippen molar-refractivity contribution in [1.82, 2.24) is 15.3 Å². The molecule has 2 aromatic rings. The lowest BCUT2D eigenvalue weighted by molar-refractivity contribution is -0.119. The molecule has 0 bridgehead atoms. The van der Waals surface area contributed by atoms with Crippen LogP contribution in [0.5, 0.6) is 0 Å². The molecule has 1 aliphatic rings. The molecule has 1 aliphatic carbocycles. The lowest BCUT2D eigenvalue weighted by atomic mass is 9.90. The van der Waals surface area contributed by atoms with Crippen LogP contribution in [0.25, 0.3) is 10.9 Å². The minimum absolute atomic E-state index is 0.0240. The number of anilines is 2. The Balaban J connectivity index is 1.71. The number of nitrogens with zero attached hydrogens (tertiary/aromatic N) is 3. The Labute approximate surface area is 200 Å². The molecule has 0 saturated heterocycles. The van der Waals surface area contributed by atoms with Gasteiger partial charge in [0.05, 0.1) is 17.6 Å². The average Bonchev–Trinajstić information content (AvgIpc) is 2.77. The van der Waals surface area contributed by atoms with Crippen molar-refractivity contribution >= 4 is 40.4 Å². The Morgan fingerprint density at radius 3 is 2.68 bits per heavy atom. The van der Waals surface area contributed by atoms with Crippen LogP contribution < -0.4 is 27.4 Å². The van der Waals surface area contributed by atoms with Crippen molar-refractivity contribution in [2.45, 2.75) is 77.3 Å². The molecule has 7 N–H and O–H groups in total. The monoisotopic (exact) mass is 468 g/mol. The number of aromatic nitrogens is 2. The van der Waals surface area contributed by atoms with Gasteiger partial charge >= 0.3 is 0 Å². The van der Waals surface area contributed by atoms with E-state index in [9.17, 15) is 9.59 Å². The van der Waals surface area contributed by atoms with Crippen molar-refractivity contribution in [3.05, 3.63) is 23.8 Å². The van der Waals surface area contributed by atoms with Crippen molar-refractivity contribution in [1.29, 1.82) is 0 Å². The van der Waals surface area contributed by atoms with Gasteiger partial charge in [0.1, 0.15) is 5.82 Å². The van der Waals surface area contributed by atoms with Crippen molar-refractivity contribution < 1.29 is 9.59 Å². The Kier molecular flexibility index (Phi) is 9.00. The van der Waals surface area contributed by atoms with E-state index in [0.29, 0.717) is 18.8 Å². The number of guanidine groups is 1. The summed E-state index contributed by atoms with van der Waals surface area (Å²) in [6.45, 7) is 4.14. The Bertz CT molecular complexity index is 1040. The molecule has 184 valence electrons. The summed E-state index contributed by atoms with van der Waals surface area (Å²) in [5, 5.41) is 10.0. The lowest BCUT2D eigenvalue weighted by Gasteiger charge is -2.30. The SMILES string of the molecule is CC(=O)NCCCCCC(=O)Nc1nc(NC2CCCCC2N=C(N)N)c2cc(C)ccc2n1. The van der Waals surface area contributed by atoms with Gasteiger partial charge in [0, 0.05) is 25.3 Å². The zero-order chi connectivity index (χ0) is 24.5. The topological polar surface area (TPSA) is 160 Å². The van der Waals surface area contributed by atoms with Crippen molar-refractivity contribution in [2.24, 2.45) is 16.5 Å². The summed E-state index contributed by atoms with van der Waals surface area (Å²) < 4.78 is 0. The summed E-state index contributed by atoms with van der Waals surface area (Å²) in [7, 11) is 0. The van der Waals surface area contributed by atoms with Crippen molar-refractivity contribution in [3.63, 3.8) is 0 Å². The molecule has 2 unspecified atom stereocenters. The molecule has 10 heteroatoms. The molecular formula is C24H36N8O2. The van der Waals surface area contributed by atoms with E-state index in [1.54, 1.807) is 0 Å². The molecule has 34 heavy (non-hydrogen) atoms. The Hall–Kier alpha value is -3.43. The summed E-state index contributed by atoms with van der Waals surface area (Å²) in [5.74, 6) is 0.863. The highest BCUT2D eigenvalue weighted by molar-refractivity contribution is 5.94. The van der Waals surface area contributed by atoms with E-state index in [1.165, 1.54) is 6.92 Å². The zero-order valence-electron chi connectivity index (χ0n) is 20.1. The van der Waals surface area contributed by atoms with E-state index < -0.39 is 0 Å². The first kappa shape index (κ1) is 25.2. The maximum Gasteiger partial charge on any atom is 0.231 e. The molecule has 1 fully saturated rings. The molecule has 3 rings (SSSR count). The van der Waals surface area contributed by atoms with Crippen molar-refractivity contribution in [2.75, 3.05) is 17.2 Å². The third-order valence-electron chi connectivity index (χ3n) is 5.92. The molecule has 0 spiro atoms. The van der Waals surface area contributed by atoms with Gasteiger partial charge in [0.2, 0.25) is 17.8 Å². The van der Waals surface area contributed by atoms with Gasteiger partial charge in [-0.15, -0.1) is 0 Å². The highest BCUT2D eigenvalue weighted by atomic mass is 16.2. The number of unbranched alkanes of at least 4 members (excludes halogenated alkanes) is 2. The van der Waals surface area contributed by atoms with E-state index in [0.717, 1.165) is 61.4 Å². The predicted molar refractivity (Wildman–Crippen MR) is 136 cm³/mol. The minimum Gasteiger partial charge on any atom is -0.370 e. The van der Waals surface area contributed by atoms with Crippen LogP contribution in [0.1, 0.15) is 63.9 Å². The number of benzene rings is 1. The summed E-state index contributed by atoms with van der Waals surface area (Å²) in [6.07, 6.45) is 6.79. The van der Waals surface area contributed by atoms with Gasteiger partial charge in [-0.3, -0.25) is 14.9 Å². The first-order chi connectivity index (χ1) is 16.3. The molecule has 1 aromatic heterocycles. The lowest BCUT2D eigenvalue weighted by Crippen LogP contribution is -2.38. The van der Waals surface area contributed by atoms with Crippen LogP contribution in [0.15, 0.2) is 23.2 Å². The van der Waals surface area contributed by atoms with Crippen LogP contribution in [0.3, 0.4) is 0 Å². The van der Waals surface area contributed by atoms with Gasteiger partial charge < -0.3 is 22.1 Å². The largest absolute Gasteiger partial charge is 0.370 e. The van der Waals surface area contributed by atoms with E-state index in [2.05, 4.69) is 30.9 Å². The number of amides is 2. The number of aryl methyl sites for hydroxylation is 1. The smallest absolute Gasteiger partial charge is 0.231 e. The first-order valence-electron chi connectivity index (χ1n) is 12.0. The number of aliphatic imine (C=N–C) groups is 1. The van der Waals surface area contributed by atoms with Gasteiger partial charge in [-0.1, -0.05) is 30.9 Å². The minimum atomic E-state index is -0.131. The van der Waals surface area contributed by atoms with Crippen molar-refractivity contribution in [3.8, 4) is 0 Å². The van der Waals surface area contributed by atoms with Crippen LogP contribution >= 0.6 is 0 Å². The van der Waals surface area contributed by atoms with Gasteiger partial charge in [0.15, 0.2) is 5.96 Å². The first-order valence-corrected chi connectivity index (χ1v) is 12.0. The maximum absolute atomic E-state index is 12.5. The predicted octanol–water partition coefficient (Wildman–Crippen LogP) is 2.57. The highest BCUT2D eigenvalue weighted by Crippen LogP contribution is 2.29. The van der Waals surface area contributed by atoms with E-state index in [4.69, 9.17) is 11.5 Å². The second-order valence-corrected chi connectivity index (χ2v) is 8.91. The van der Waals surface area contributed by atoms with E-state index >= 15 is 0 Å². The zero-order valence-corrected chi connectivity index (χ0v) is 20.1. The maximum atomic E-state index is 12.5. The Morgan fingerprint density at radius 1 is 1.12 bits per heavy atom. The normalized spacial score (nSPS) is 17.7. The van der Waals surface area contributed by atoms with E-state index in [-0.39, 0.29) is 35.8 Å². The fourth-order valence-electron chi connectivity index (χ4n) is 4.25. The number of carbonyl (C=O) groups excluding carboxylic acids is 2. The van der Waals surface area contributed by atoms with Gasteiger partial charge in [-0.05, 0) is 44.7 Å². The molecule has 1 heterocycles. The summed E-state index contributed by atoms with van der Waals surface area (Å²) >= 11 is 0. The summed E-state index contributed by atoms with van der Waals surface area (Å²) in [6, 6.07) is 5.98. The molecule has 1 saturated carbocycles. The van der Waals surface area contributed by atoms with Crippen LogP contribution in [0, 0.1) is 6.92 Å². The number of rotatable bonds is 10.